The molecule has 0 heterocycles. The van der Waals surface area contributed by atoms with Crippen LogP contribution in [-0.4, -0.2) is 25.0 Å². The minimum absolute atomic E-state index is 0.0960. The zero-order chi connectivity index (χ0) is 19.6. The third-order valence-corrected chi connectivity index (χ3v) is 5.41. The van der Waals surface area contributed by atoms with Crippen LogP contribution in [0.2, 0.25) is 0 Å². The van der Waals surface area contributed by atoms with Crippen molar-refractivity contribution in [1.29, 1.82) is 0 Å². The summed E-state index contributed by atoms with van der Waals surface area (Å²) >= 11 is 1.58. The van der Waals surface area contributed by atoms with Crippen molar-refractivity contribution in [3.05, 3.63) is 102 Å². The number of ether oxygens (including phenoxy) is 1. The Morgan fingerprint density at radius 3 is 2.07 bits per heavy atom. The van der Waals surface area contributed by atoms with Crippen molar-refractivity contribution in [2.45, 2.75) is 5.25 Å². The Labute approximate surface area is 169 Å². The number of nitrogens with one attached hydrogen (secondary N) is 1. The molecule has 0 aliphatic carbocycles. The summed E-state index contributed by atoms with van der Waals surface area (Å²) in [5.41, 5.74) is 5.83. The highest BCUT2D eigenvalue weighted by Crippen LogP contribution is 2.35. The van der Waals surface area contributed by atoms with E-state index in [0.29, 0.717) is 5.75 Å². The molecule has 0 fully saturated rings. The Morgan fingerprint density at radius 2 is 1.54 bits per heavy atom. The highest BCUT2D eigenvalue weighted by molar-refractivity contribution is 8.00. The molecule has 0 aromatic heterocycles. The Kier molecular flexibility index (Phi) is 7.27. The molecule has 5 heteroatoms. The van der Waals surface area contributed by atoms with Crippen LogP contribution in [0.3, 0.4) is 0 Å². The van der Waals surface area contributed by atoms with Gasteiger partial charge in [-0.05, 0) is 41.0 Å². The molecule has 0 bridgehead atoms. The van der Waals surface area contributed by atoms with Gasteiger partial charge in [-0.1, -0.05) is 60.7 Å². The topological polar surface area (TPSA) is 50.7 Å². The number of carbonyl (C=O) groups is 1. The zero-order valence-corrected chi connectivity index (χ0v) is 16.4. The smallest absolute Gasteiger partial charge is 0.250 e. The molecule has 142 valence electrons. The van der Waals surface area contributed by atoms with Crippen LogP contribution in [0, 0.1) is 0 Å². The Balaban J connectivity index is 1.58. The summed E-state index contributed by atoms with van der Waals surface area (Å²) in [5.74, 6) is 0.964. The van der Waals surface area contributed by atoms with Crippen LogP contribution in [0.5, 0.6) is 5.75 Å². The summed E-state index contributed by atoms with van der Waals surface area (Å²) in [7, 11) is 1.62. The molecule has 0 aliphatic rings. The number of thioether (sulfide) groups is 1. The number of hydrogen-bond acceptors (Lipinski definition) is 4. The number of hydrazone groups is 1. The van der Waals surface area contributed by atoms with Gasteiger partial charge in [-0.25, -0.2) is 5.43 Å². The first-order valence-corrected chi connectivity index (χ1v) is 9.98. The summed E-state index contributed by atoms with van der Waals surface area (Å²) in [4.78, 5) is 12.2. The molecule has 0 saturated carbocycles. The van der Waals surface area contributed by atoms with Gasteiger partial charge < -0.3 is 4.74 Å². The molecule has 1 N–H and O–H groups in total. The highest BCUT2D eigenvalue weighted by atomic mass is 32.2. The summed E-state index contributed by atoms with van der Waals surface area (Å²) in [6.45, 7) is 0. The molecule has 1 amide bonds. The molecule has 0 radical (unpaired) electrons. The molecule has 0 saturated heterocycles. The lowest BCUT2D eigenvalue weighted by Gasteiger charge is -2.17. The van der Waals surface area contributed by atoms with Crippen molar-refractivity contribution in [3.8, 4) is 5.75 Å². The van der Waals surface area contributed by atoms with Crippen molar-refractivity contribution in [2.75, 3.05) is 12.9 Å². The number of carbonyl (C=O) groups excluding carboxylic acids is 1. The van der Waals surface area contributed by atoms with Crippen LogP contribution in [0.15, 0.2) is 90.0 Å². The number of benzene rings is 3. The van der Waals surface area contributed by atoms with E-state index in [1.165, 1.54) is 11.1 Å². The fraction of sp³-hybridized carbons (Fsp3) is 0.130. The largest absolute Gasteiger partial charge is 0.497 e. The predicted octanol–water partition coefficient (Wildman–Crippen LogP) is 4.67. The normalized spacial score (nSPS) is 10.9. The van der Waals surface area contributed by atoms with Gasteiger partial charge in [0, 0.05) is 0 Å². The van der Waals surface area contributed by atoms with Crippen LogP contribution in [-0.2, 0) is 4.79 Å². The van der Waals surface area contributed by atoms with Gasteiger partial charge in [0.15, 0.2) is 0 Å². The SMILES string of the molecule is COc1ccc(/C=N/NC(=O)CSC(c2ccccc2)c2ccccc2)cc1. The van der Waals surface area contributed by atoms with Gasteiger partial charge in [0.1, 0.15) is 5.75 Å². The standard InChI is InChI=1S/C23H22N2O2S/c1-27-21-14-12-18(13-15-21)16-24-25-22(26)17-28-23(19-8-4-2-5-9-19)20-10-6-3-7-11-20/h2-16,23H,17H2,1H3,(H,25,26)/b24-16+. The summed E-state index contributed by atoms with van der Waals surface area (Å²) < 4.78 is 5.12. The number of hydrogen-bond donors (Lipinski definition) is 1. The fourth-order valence-electron chi connectivity index (χ4n) is 2.70. The maximum absolute atomic E-state index is 12.2. The predicted molar refractivity (Wildman–Crippen MR) is 116 cm³/mol. The second-order valence-electron chi connectivity index (χ2n) is 6.08. The van der Waals surface area contributed by atoms with E-state index >= 15 is 0 Å². The molecule has 0 aliphatic heterocycles. The molecular formula is C23H22N2O2S. The third-order valence-electron chi connectivity index (χ3n) is 4.10. The maximum Gasteiger partial charge on any atom is 0.250 e. The van der Waals surface area contributed by atoms with Gasteiger partial charge in [0.2, 0.25) is 5.91 Å². The second kappa shape index (κ2) is 10.3. The van der Waals surface area contributed by atoms with Gasteiger partial charge >= 0.3 is 0 Å². The minimum atomic E-state index is -0.133. The minimum Gasteiger partial charge on any atom is -0.497 e. The average molecular weight is 391 g/mol. The van der Waals surface area contributed by atoms with Gasteiger partial charge in [0.05, 0.1) is 24.3 Å². The molecule has 0 atom stereocenters. The van der Waals surface area contributed by atoms with Crippen LogP contribution in [0.1, 0.15) is 21.9 Å². The molecule has 4 nitrogen and oxygen atoms in total. The van der Waals surface area contributed by atoms with Gasteiger partial charge in [-0.2, -0.15) is 5.10 Å². The number of rotatable bonds is 8. The van der Waals surface area contributed by atoms with E-state index in [9.17, 15) is 4.79 Å². The quantitative estimate of drug-likeness (QED) is 0.449. The monoisotopic (exact) mass is 390 g/mol. The van der Waals surface area contributed by atoms with E-state index in [-0.39, 0.29) is 11.2 Å². The van der Waals surface area contributed by atoms with Gasteiger partial charge in [-0.15, -0.1) is 11.8 Å². The Morgan fingerprint density at radius 1 is 0.964 bits per heavy atom. The molecule has 3 aromatic carbocycles. The first-order chi connectivity index (χ1) is 13.8. The van der Waals surface area contributed by atoms with Crippen molar-refractivity contribution in [2.24, 2.45) is 5.10 Å². The van der Waals surface area contributed by atoms with Crippen LogP contribution in [0.25, 0.3) is 0 Å². The summed E-state index contributed by atoms with van der Waals surface area (Å²) in [6, 6.07) is 27.9. The van der Waals surface area contributed by atoms with E-state index in [4.69, 9.17) is 4.74 Å². The fourth-order valence-corrected chi connectivity index (χ4v) is 3.78. The second-order valence-corrected chi connectivity index (χ2v) is 7.17. The zero-order valence-electron chi connectivity index (χ0n) is 15.6. The number of methoxy groups -OCH3 is 1. The molecule has 3 aromatic rings. The van der Waals surface area contributed by atoms with E-state index in [2.05, 4.69) is 34.8 Å². The lowest BCUT2D eigenvalue weighted by molar-refractivity contribution is -0.118. The van der Waals surface area contributed by atoms with E-state index in [1.54, 1.807) is 25.1 Å². The average Bonchev–Trinajstić information content (AvgIpc) is 2.76. The molecule has 3 rings (SSSR count). The van der Waals surface area contributed by atoms with Gasteiger partial charge in [0.25, 0.3) is 0 Å². The Hall–Kier alpha value is -3.05. The van der Waals surface area contributed by atoms with E-state index < -0.39 is 0 Å². The first-order valence-electron chi connectivity index (χ1n) is 8.93. The number of nitrogens with zero attached hydrogens (tertiary/aromatic N) is 1. The molecular weight excluding hydrogens is 368 g/mol. The van der Waals surface area contributed by atoms with Gasteiger partial charge in [-0.3, -0.25) is 4.79 Å². The van der Waals surface area contributed by atoms with E-state index in [0.717, 1.165) is 11.3 Å². The van der Waals surface area contributed by atoms with Crippen molar-refractivity contribution in [3.63, 3.8) is 0 Å². The molecule has 0 unspecified atom stereocenters. The maximum atomic E-state index is 12.2. The van der Waals surface area contributed by atoms with Crippen LogP contribution in [0.4, 0.5) is 0 Å². The van der Waals surface area contributed by atoms with Crippen molar-refractivity contribution < 1.29 is 9.53 Å². The van der Waals surface area contributed by atoms with Crippen molar-refractivity contribution >= 4 is 23.9 Å². The third kappa shape index (κ3) is 5.72. The highest BCUT2D eigenvalue weighted by Gasteiger charge is 2.16. The van der Waals surface area contributed by atoms with Crippen LogP contribution < -0.4 is 10.2 Å². The Bertz CT molecular complexity index is 857. The summed E-state index contributed by atoms with van der Waals surface area (Å²) in [5, 5.41) is 4.14. The van der Waals surface area contributed by atoms with Crippen LogP contribution >= 0.6 is 11.8 Å². The summed E-state index contributed by atoms with van der Waals surface area (Å²) in [6.07, 6.45) is 1.62. The lowest BCUT2D eigenvalue weighted by atomic mass is 10.0. The lowest BCUT2D eigenvalue weighted by Crippen LogP contribution is -2.20. The number of amides is 1. The molecule has 0 spiro atoms. The first kappa shape index (κ1) is 19.7. The van der Waals surface area contributed by atoms with E-state index in [1.807, 2.05) is 60.7 Å². The molecule has 28 heavy (non-hydrogen) atoms. The van der Waals surface area contributed by atoms with Crippen molar-refractivity contribution in [1.82, 2.24) is 5.43 Å².